The molecule has 1 aliphatic rings. The smallest absolute Gasteiger partial charge is 0.153 e. The van der Waals surface area contributed by atoms with E-state index in [9.17, 15) is 4.39 Å². The second kappa shape index (κ2) is 4.77. The Morgan fingerprint density at radius 3 is 2.65 bits per heavy atom. The Morgan fingerprint density at radius 2 is 2.00 bits per heavy atom. The maximum absolute atomic E-state index is 14.2. The summed E-state index contributed by atoms with van der Waals surface area (Å²) in [6, 6.07) is 4.66. The van der Waals surface area contributed by atoms with E-state index in [4.69, 9.17) is 17.3 Å². The lowest BCUT2D eigenvalue weighted by Gasteiger charge is -2.24. The summed E-state index contributed by atoms with van der Waals surface area (Å²) in [5.41, 5.74) is 7.81. The molecule has 3 rings (SSSR count). The lowest BCUT2D eigenvalue weighted by atomic mass is 9.81. The van der Waals surface area contributed by atoms with Crippen LogP contribution in [0.3, 0.4) is 0 Å². The highest BCUT2D eigenvalue weighted by atomic mass is 35.5. The van der Waals surface area contributed by atoms with E-state index in [-0.39, 0.29) is 11.2 Å². The molecular formula is C15H17ClFN3. The van der Waals surface area contributed by atoms with E-state index < -0.39 is 0 Å². The molecule has 0 bridgehead atoms. The standard InChI is InChI=1S/C15H17ClFN3/c1-15(7-2-3-8-15)13-12(14(18)20-19-13)11-9(16)5-4-6-10(11)17/h4-6H,2-3,7-8H2,1H3,(H3,18,19,20). The van der Waals surface area contributed by atoms with Crippen molar-refractivity contribution in [3.05, 3.63) is 34.7 Å². The van der Waals surface area contributed by atoms with Crippen LogP contribution in [-0.4, -0.2) is 10.2 Å². The first-order chi connectivity index (χ1) is 9.53. The molecule has 20 heavy (non-hydrogen) atoms. The highest BCUT2D eigenvalue weighted by Crippen LogP contribution is 2.46. The topological polar surface area (TPSA) is 54.7 Å². The van der Waals surface area contributed by atoms with E-state index in [2.05, 4.69) is 17.1 Å². The fourth-order valence-corrected chi connectivity index (χ4v) is 3.45. The van der Waals surface area contributed by atoms with Gasteiger partial charge in [-0.15, -0.1) is 0 Å². The lowest BCUT2D eigenvalue weighted by Crippen LogP contribution is -2.18. The van der Waals surface area contributed by atoms with Crippen molar-refractivity contribution in [1.29, 1.82) is 0 Å². The number of anilines is 1. The molecule has 2 aromatic rings. The molecule has 0 atom stereocenters. The summed E-state index contributed by atoms with van der Waals surface area (Å²) >= 11 is 6.18. The monoisotopic (exact) mass is 293 g/mol. The third kappa shape index (κ3) is 1.99. The summed E-state index contributed by atoms with van der Waals surface area (Å²) in [5, 5.41) is 7.46. The molecule has 1 fully saturated rings. The molecule has 0 spiro atoms. The van der Waals surface area contributed by atoms with E-state index in [1.807, 2.05) is 0 Å². The zero-order chi connectivity index (χ0) is 14.3. The third-order valence-corrected chi connectivity index (χ3v) is 4.63. The Labute approximate surface area is 122 Å². The molecule has 0 radical (unpaired) electrons. The van der Waals surface area contributed by atoms with Gasteiger partial charge in [-0.3, -0.25) is 5.10 Å². The first-order valence-corrected chi connectivity index (χ1v) is 7.19. The van der Waals surface area contributed by atoms with Gasteiger partial charge < -0.3 is 5.73 Å². The van der Waals surface area contributed by atoms with Gasteiger partial charge in [0.05, 0.1) is 16.3 Å². The number of hydrogen-bond acceptors (Lipinski definition) is 2. The van der Waals surface area contributed by atoms with Crippen LogP contribution < -0.4 is 5.73 Å². The Kier molecular flexibility index (Phi) is 3.21. The van der Waals surface area contributed by atoms with Crippen molar-refractivity contribution in [3.8, 4) is 11.1 Å². The van der Waals surface area contributed by atoms with Crippen LogP contribution in [0.25, 0.3) is 11.1 Å². The maximum Gasteiger partial charge on any atom is 0.153 e. The van der Waals surface area contributed by atoms with E-state index in [1.165, 1.54) is 18.9 Å². The molecule has 0 amide bonds. The minimum absolute atomic E-state index is 0.0361. The first-order valence-electron chi connectivity index (χ1n) is 6.81. The minimum atomic E-state index is -0.367. The van der Waals surface area contributed by atoms with Gasteiger partial charge in [0.25, 0.3) is 0 Å². The molecule has 1 saturated carbocycles. The van der Waals surface area contributed by atoms with Crippen LogP contribution in [0.2, 0.25) is 5.02 Å². The SMILES string of the molecule is CC1(c2[nH]nc(N)c2-c2c(F)cccc2Cl)CCCC1. The fourth-order valence-electron chi connectivity index (χ4n) is 3.19. The van der Waals surface area contributed by atoms with Gasteiger partial charge in [0.15, 0.2) is 5.82 Å². The van der Waals surface area contributed by atoms with Gasteiger partial charge in [-0.2, -0.15) is 5.10 Å². The molecule has 1 aliphatic carbocycles. The van der Waals surface area contributed by atoms with Crippen molar-refractivity contribution in [2.75, 3.05) is 5.73 Å². The van der Waals surface area contributed by atoms with Crippen LogP contribution >= 0.6 is 11.6 Å². The van der Waals surface area contributed by atoms with Crippen molar-refractivity contribution in [3.63, 3.8) is 0 Å². The molecule has 0 unspecified atom stereocenters. The molecule has 1 aromatic heterocycles. The van der Waals surface area contributed by atoms with Crippen molar-refractivity contribution >= 4 is 17.4 Å². The zero-order valence-electron chi connectivity index (χ0n) is 11.3. The van der Waals surface area contributed by atoms with Gasteiger partial charge in [-0.1, -0.05) is 37.4 Å². The average Bonchev–Trinajstić information content (AvgIpc) is 2.98. The lowest BCUT2D eigenvalue weighted by molar-refractivity contribution is 0.475. The van der Waals surface area contributed by atoms with Gasteiger partial charge in [0, 0.05) is 11.0 Å². The highest BCUT2D eigenvalue weighted by molar-refractivity contribution is 6.33. The number of rotatable bonds is 2. The van der Waals surface area contributed by atoms with Gasteiger partial charge in [-0.05, 0) is 25.0 Å². The van der Waals surface area contributed by atoms with Crippen LogP contribution in [0.15, 0.2) is 18.2 Å². The summed E-state index contributed by atoms with van der Waals surface area (Å²) in [6.07, 6.45) is 4.43. The van der Waals surface area contributed by atoms with E-state index in [0.717, 1.165) is 18.5 Å². The molecular weight excluding hydrogens is 277 g/mol. The molecule has 3 nitrogen and oxygen atoms in total. The zero-order valence-corrected chi connectivity index (χ0v) is 12.1. The van der Waals surface area contributed by atoms with Crippen LogP contribution in [0.4, 0.5) is 10.2 Å². The molecule has 3 N–H and O–H groups in total. The summed E-state index contributed by atoms with van der Waals surface area (Å²) in [6.45, 7) is 2.17. The van der Waals surface area contributed by atoms with Crippen molar-refractivity contribution in [2.45, 2.75) is 38.0 Å². The second-order valence-corrected chi connectivity index (χ2v) is 6.13. The maximum atomic E-state index is 14.2. The number of nitrogens with zero attached hydrogens (tertiary/aromatic N) is 1. The van der Waals surface area contributed by atoms with Crippen LogP contribution in [0.5, 0.6) is 0 Å². The van der Waals surface area contributed by atoms with E-state index in [1.54, 1.807) is 12.1 Å². The van der Waals surface area contributed by atoms with Gasteiger partial charge in [0.2, 0.25) is 0 Å². The number of nitrogens with one attached hydrogen (secondary N) is 1. The van der Waals surface area contributed by atoms with Crippen LogP contribution in [-0.2, 0) is 5.41 Å². The van der Waals surface area contributed by atoms with Crippen LogP contribution in [0, 0.1) is 5.82 Å². The van der Waals surface area contributed by atoms with Crippen molar-refractivity contribution in [1.82, 2.24) is 10.2 Å². The number of benzene rings is 1. The predicted octanol–water partition coefficient (Wildman–Crippen LogP) is 4.28. The Bertz CT molecular complexity index is 624. The van der Waals surface area contributed by atoms with Gasteiger partial charge in [0.1, 0.15) is 5.82 Å². The number of halogens is 2. The number of nitrogen functional groups attached to an aromatic ring is 1. The Balaban J connectivity index is 2.22. The first kappa shape index (κ1) is 13.4. The molecule has 5 heteroatoms. The number of H-pyrrole nitrogens is 1. The number of aromatic nitrogens is 2. The summed E-state index contributed by atoms with van der Waals surface area (Å²) in [7, 11) is 0. The van der Waals surface area contributed by atoms with Crippen LogP contribution in [0.1, 0.15) is 38.3 Å². The predicted molar refractivity (Wildman–Crippen MR) is 79.2 cm³/mol. The quantitative estimate of drug-likeness (QED) is 0.868. The number of aromatic amines is 1. The highest BCUT2D eigenvalue weighted by Gasteiger charge is 2.36. The van der Waals surface area contributed by atoms with Gasteiger partial charge >= 0.3 is 0 Å². The van der Waals surface area contributed by atoms with E-state index >= 15 is 0 Å². The second-order valence-electron chi connectivity index (χ2n) is 5.72. The summed E-state index contributed by atoms with van der Waals surface area (Å²) in [4.78, 5) is 0. The average molecular weight is 294 g/mol. The van der Waals surface area contributed by atoms with Crippen molar-refractivity contribution in [2.24, 2.45) is 0 Å². The summed E-state index contributed by atoms with van der Waals surface area (Å²) < 4.78 is 14.2. The summed E-state index contributed by atoms with van der Waals surface area (Å²) in [5.74, 6) is -0.0615. The largest absolute Gasteiger partial charge is 0.382 e. The molecule has 1 aromatic carbocycles. The third-order valence-electron chi connectivity index (χ3n) is 4.32. The molecule has 1 heterocycles. The molecule has 106 valence electrons. The van der Waals surface area contributed by atoms with Crippen molar-refractivity contribution < 1.29 is 4.39 Å². The fraction of sp³-hybridized carbons (Fsp3) is 0.400. The van der Waals surface area contributed by atoms with Gasteiger partial charge in [-0.25, -0.2) is 4.39 Å². The van der Waals surface area contributed by atoms with E-state index in [0.29, 0.717) is 22.0 Å². The number of nitrogens with two attached hydrogens (primary N) is 1. The number of hydrogen-bond donors (Lipinski definition) is 2. The Hall–Kier alpha value is -1.55. The molecule has 0 aliphatic heterocycles. The molecule has 0 saturated heterocycles. The normalized spacial score (nSPS) is 17.6. The minimum Gasteiger partial charge on any atom is -0.382 e. The Morgan fingerprint density at radius 1 is 1.30 bits per heavy atom.